The molecule has 7 heteroatoms. The lowest BCUT2D eigenvalue weighted by Crippen LogP contribution is -1.89. The predicted molar refractivity (Wildman–Crippen MR) is 74.3 cm³/mol. The van der Waals surface area contributed by atoms with Gasteiger partial charge in [-0.15, -0.1) is 0 Å². The summed E-state index contributed by atoms with van der Waals surface area (Å²) in [5.74, 6) is -0.199. The number of benzene rings is 2. The van der Waals surface area contributed by atoms with Gasteiger partial charge in [0.1, 0.15) is 11.4 Å². The third-order valence-electron chi connectivity index (χ3n) is 3.03. The quantitative estimate of drug-likeness (QED) is 0.375. The summed E-state index contributed by atoms with van der Waals surface area (Å²) in [6.45, 7) is 0. The summed E-state index contributed by atoms with van der Waals surface area (Å²) in [4.78, 5) is 10.1. The zero-order chi connectivity index (χ0) is 14.3. The van der Waals surface area contributed by atoms with E-state index in [1.165, 1.54) is 12.1 Å². The third-order valence-corrected chi connectivity index (χ3v) is 3.03. The number of H-pyrrole nitrogens is 1. The number of nitrogens with two attached hydrogens (primary N) is 1. The summed E-state index contributed by atoms with van der Waals surface area (Å²) in [5, 5.41) is 28.3. The molecule has 1 aromatic heterocycles. The molecule has 0 bridgehead atoms. The van der Waals surface area contributed by atoms with E-state index >= 15 is 0 Å². The molecule has 2 aromatic carbocycles. The van der Waals surface area contributed by atoms with Crippen molar-refractivity contribution in [3.8, 4) is 17.0 Å². The molecule has 0 aliphatic heterocycles. The minimum Gasteiger partial charge on any atom is -0.507 e. The second kappa shape index (κ2) is 4.23. The average Bonchev–Trinajstić information content (AvgIpc) is 2.81. The average molecular weight is 270 g/mol. The molecule has 0 unspecified atom stereocenters. The van der Waals surface area contributed by atoms with E-state index in [4.69, 9.17) is 5.73 Å². The number of fused-ring (bicyclic) bond motifs is 1. The van der Waals surface area contributed by atoms with Crippen molar-refractivity contribution in [1.82, 2.24) is 10.2 Å². The van der Waals surface area contributed by atoms with Gasteiger partial charge in [0.2, 0.25) is 0 Å². The van der Waals surface area contributed by atoms with Gasteiger partial charge in [0.15, 0.2) is 0 Å². The van der Waals surface area contributed by atoms with E-state index in [1.54, 1.807) is 18.2 Å². The molecule has 100 valence electrons. The molecule has 0 amide bonds. The first-order valence-corrected chi connectivity index (χ1v) is 5.77. The van der Waals surface area contributed by atoms with E-state index in [9.17, 15) is 15.2 Å². The van der Waals surface area contributed by atoms with Crippen LogP contribution in [-0.2, 0) is 0 Å². The van der Waals surface area contributed by atoms with Crippen molar-refractivity contribution in [2.45, 2.75) is 0 Å². The van der Waals surface area contributed by atoms with Gasteiger partial charge in [-0.2, -0.15) is 5.10 Å². The number of hydrogen-bond donors (Lipinski definition) is 3. The minimum absolute atomic E-state index is 0.175. The van der Waals surface area contributed by atoms with Crippen molar-refractivity contribution in [3.63, 3.8) is 0 Å². The van der Waals surface area contributed by atoms with Crippen LogP contribution in [0, 0.1) is 10.1 Å². The van der Waals surface area contributed by atoms with E-state index in [0.717, 1.165) is 17.0 Å². The molecule has 0 aliphatic rings. The number of nitrogen functional groups attached to an aromatic ring is 1. The second-order valence-electron chi connectivity index (χ2n) is 4.34. The van der Waals surface area contributed by atoms with Crippen LogP contribution < -0.4 is 5.73 Å². The van der Waals surface area contributed by atoms with Gasteiger partial charge in [-0.05, 0) is 24.3 Å². The number of non-ortho nitro benzene ring substituents is 1. The minimum atomic E-state index is -0.565. The van der Waals surface area contributed by atoms with Gasteiger partial charge in [-0.25, -0.2) is 0 Å². The van der Waals surface area contributed by atoms with Gasteiger partial charge in [0, 0.05) is 22.7 Å². The number of rotatable bonds is 2. The number of nitro groups is 1. The Balaban J connectivity index is 2.20. The van der Waals surface area contributed by atoms with Crippen molar-refractivity contribution in [1.29, 1.82) is 0 Å². The zero-order valence-electron chi connectivity index (χ0n) is 10.2. The van der Waals surface area contributed by atoms with Crippen LogP contribution >= 0.6 is 0 Å². The maximum atomic E-state index is 10.7. The van der Waals surface area contributed by atoms with Gasteiger partial charge in [0.25, 0.3) is 5.69 Å². The SMILES string of the molecule is Nc1ccc2[nH]nc(-c3ccc([N+](=O)[O-])cc3O)c2c1. The molecule has 0 spiro atoms. The zero-order valence-corrected chi connectivity index (χ0v) is 10.2. The summed E-state index contributed by atoms with van der Waals surface area (Å²) in [6, 6.07) is 9.13. The number of aromatic amines is 1. The Hall–Kier alpha value is -3.09. The van der Waals surface area contributed by atoms with Gasteiger partial charge < -0.3 is 10.8 Å². The molecule has 0 aliphatic carbocycles. The lowest BCUT2D eigenvalue weighted by Gasteiger charge is -2.02. The number of nitrogens with zero attached hydrogens (tertiary/aromatic N) is 2. The van der Waals surface area contributed by atoms with E-state index in [0.29, 0.717) is 16.9 Å². The molecule has 4 N–H and O–H groups in total. The molecule has 1 heterocycles. The number of aromatic nitrogens is 2. The van der Waals surface area contributed by atoms with E-state index < -0.39 is 4.92 Å². The molecule has 0 radical (unpaired) electrons. The molecular weight excluding hydrogens is 260 g/mol. The predicted octanol–water partition coefficient (Wildman–Crippen LogP) is 2.43. The largest absolute Gasteiger partial charge is 0.507 e. The van der Waals surface area contributed by atoms with Gasteiger partial charge in [0.05, 0.1) is 16.5 Å². The van der Waals surface area contributed by atoms with Gasteiger partial charge in [-0.3, -0.25) is 15.2 Å². The highest BCUT2D eigenvalue weighted by Crippen LogP contribution is 2.35. The molecule has 0 saturated heterocycles. The molecular formula is C13H10N4O3. The summed E-state index contributed by atoms with van der Waals surface area (Å²) < 4.78 is 0. The monoisotopic (exact) mass is 270 g/mol. The Bertz CT molecular complexity index is 826. The smallest absolute Gasteiger partial charge is 0.273 e. The fourth-order valence-corrected chi connectivity index (χ4v) is 2.07. The Morgan fingerprint density at radius 2 is 2.05 bits per heavy atom. The molecule has 20 heavy (non-hydrogen) atoms. The van der Waals surface area contributed by atoms with E-state index in [2.05, 4.69) is 10.2 Å². The first-order chi connectivity index (χ1) is 9.56. The Morgan fingerprint density at radius 3 is 2.75 bits per heavy atom. The lowest BCUT2D eigenvalue weighted by molar-refractivity contribution is -0.384. The molecule has 0 atom stereocenters. The van der Waals surface area contributed by atoms with Crippen LogP contribution in [0.4, 0.5) is 11.4 Å². The number of phenolic OH excluding ortho intramolecular Hbond substituents is 1. The number of phenols is 1. The van der Waals surface area contributed by atoms with Crippen LogP contribution in [-0.4, -0.2) is 20.2 Å². The maximum Gasteiger partial charge on any atom is 0.273 e. The van der Waals surface area contributed by atoms with E-state index in [-0.39, 0.29) is 11.4 Å². The Kier molecular flexibility index (Phi) is 2.53. The number of aromatic hydroxyl groups is 1. The first kappa shape index (κ1) is 12.0. The molecule has 3 rings (SSSR count). The maximum absolute atomic E-state index is 10.7. The number of nitro benzene ring substituents is 1. The van der Waals surface area contributed by atoms with Crippen LogP contribution in [0.2, 0.25) is 0 Å². The molecule has 0 fully saturated rings. The van der Waals surface area contributed by atoms with Crippen molar-refractivity contribution < 1.29 is 10.0 Å². The summed E-state index contributed by atoms with van der Waals surface area (Å²) in [5.41, 5.74) is 7.81. The third kappa shape index (κ3) is 1.81. The lowest BCUT2D eigenvalue weighted by atomic mass is 10.1. The number of anilines is 1. The molecule has 0 saturated carbocycles. The fourth-order valence-electron chi connectivity index (χ4n) is 2.07. The van der Waals surface area contributed by atoms with Crippen LogP contribution in [0.3, 0.4) is 0 Å². The standard InChI is InChI=1S/C13H10N4O3/c14-7-1-4-11-10(5-7)13(16-15-11)9-3-2-8(17(19)20)6-12(9)18/h1-6,18H,14H2,(H,15,16). The number of nitrogens with one attached hydrogen (secondary N) is 1. The van der Waals surface area contributed by atoms with Crippen molar-refractivity contribution in [2.24, 2.45) is 0 Å². The fraction of sp³-hybridized carbons (Fsp3) is 0. The van der Waals surface area contributed by atoms with Crippen LogP contribution in [0.1, 0.15) is 0 Å². The summed E-state index contributed by atoms with van der Waals surface area (Å²) >= 11 is 0. The summed E-state index contributed by atoms with van der Waals surface area (Å²) in [7, 11) is 0. The van der Waals surface area contributed by atoms with Crippen molar-refractivity contribution in [3.05, 3.63) is 46.5 Å². The highest BCUT2D eigenvalue weighted by atomic mass is 16.6. The van der Waals surface area contributed by atoms with Crippen molar-refractivity contribution >= 4 is 22.3 Å². The topological polar surface area (TPSA) is 118 Å². The van der Waals surface area contributed by atoms with Crippen LogP contribution in [0.15, 0.2) is 36.4 Å². The van der Waals surface area contributed by atoms with E-state index in [1.807, 2.05) is 0 Å². The molecule has 3 aromatic rings. The Labute approximate surface area is 112 Å². The van der Waals surface area contributed by atoms with Crippen LogP contribution in [0.25, 0.3) is 22.2 Å². The highest BCUT2D eigenvalue weighted by molar-refractivity contribution is 5.96. The van der Waals surface area contributed by atoms with Gasteiger partial charge in [-0.1, -0.05) is 0 Å². The van der Waals surface area contributed by atoms with Crippen LogP contribution in [0.5, 0.6) is 5.75 Å². The Morgan fingerprint density at radius 1 is 1.25 bits per heavy atom. The normalized spacial score (nSPS) is 10.8. The molecule has 7 nitrogen and oxygen atoms in total. The van der Waals surface area contributed by atoms with Gasteiger partial charge >= 0.3 is 0 Å². The summed E-state index contributed by atoms with van der Waals surface area (Å²) in [6.07, 6.45) is 0. The van der Waals surface area contributed by atoms with Crippen molar-refractivity contribution in [2.75, 3.05) is 5.73 Å². The first-order valence-electron chi connectivity index (χ1n) is 5.77. The highest BCUT2D eigenvalue weighted by Gasteiger charge is 2.15. The number of hydrogen-bond acceptors (Lipinski definition) is 5. The second-order valence-corrected chi connectivity index (χ2v) is 4.34.